The summed E-state index contributed by atoms with van der Waals surface area (Å²) in [6.45, 7) is 4.69. The maximum atomic E-state index is 6.52. The van der Waals surface area contributed by atoms with E-state index < -0.39 is 0 Å². The largest absolute Gasteiger partial charge is 0.324 e. The zero-order chi connectivity index (χ0) is 9.27. The van der Waals surface area contributed by atoms with Gasteiger partial charge in [-0.25, -0.2) is 0 Å². The highest BCUT2D eigenvalue weighted by atomic mass is 14.9. The summed E-state index contributed by atoms with van der Waals surface area (Å²) >= 11 is 0. The third-order valence-corrected chi connectivity index (χ3v) is 5.27. The van der Waals surface area contributed by atoms with E-state index in [1.165, 1.54) is 32.1 Å². The van der Waals surface area contributed by atoms with Crippen molar-refractivity contribution >= 4 is 0 Å². The van der Waals surface area contributed by atoms with Crippen LogP contribution in [0.4, 0.5) is 0 Å². The van der Waals surface area contributed by atoms with Crippen molar-refractivity contribution in [3.63, 3.8) is 0 Å². The Hall–Kier alpha value is -0.0400. The molecule has 0 spiro atoms. The quantitative estimate of drug-likeness (QED) is 0.657. The summed E-state index contributed by atoms with van der Waals surface area (Å²) in [5, 5.41) is 0. The summed E-state index contributed by atoms with van der Waals surface area (Å²) in [4.78, 5) is 0. The number of rotatable bonds is 1. The maximum absolute atomic E-state index is 6.52. The molecule has 3 fully saturated rings. The molecule has 3 saturated carbocycles. The minimum Gasteiger partial charge on any atom is -0.324 e. The molecule has 0 aromatic carbocycles. The predicted molar refractivity (Wildman–Crippen MR) is 54.3 cm³/mol. The van der Waals surface area contributed by atoms with E-state index >= 15 is 0 Å². The van der Waals surface area contributed by atoms with Gasteiger partial charge in [0, 0.05) is 5.54 Å². The molecule has 1 heteroatoms. The van der Waals surface area contributed by atoms with Gasteiger partial charge in [0.25, 0.3) is 0 Å². The van der Waals surface area contributed by atoms with Gasteiger partial charge in [-0.15, -0.1) is 0 Å². The molecule has 13 heavy (non-hydrogen) atoms. The van der Waals surface area contributed by atoms with Crippen LogP contribution in [-0.2, 0) is 0 Å². The van der Waals surface area contributed by atoms with Crippen LogP contribution in [0.5, 0.6) is 0 Å². The first-order chi connectivity index (χ1) is 6.03. The van der Waals surface area contributed by atoms with Crippen LogP contribution in [0.25, 0.3) is 0 Å². The molecule has 2 bridgehead atoms. The number of hydrogen-bond donors (Lipinski definition) is 1. The Morgan fingerprint density at radius 2 is 1.85 bits per heavy atom. The molecule has 0 amide bonds. The van der Waals surface area contributed by atoms with Crippen LogP contribution in [0, 0.1) is 23.2 Å². The van der Waals surface area contributed by atoms with E-state index in [-0.39, 0.29) is 5.54 Å². The standard InChI is InChI=1S/C12H21N/c1-11(2)7-12(11,13)10-6-8-3-4-9(10)5-8/h8-10H,3-7,13H2,1-2H3. The summed E-state index contributed by atoms with van der Waals surface area (Å²) in [6.07, 6.45) is 7.19. The van der Waals surface area contributed by atoms with Crippen molar-refractivity contribution < 1.29 is 0 Å². The molecular weight excluding hydrogens is 158 g/mol. The Morgan fingerprint density at radius 1 is 1.15 bits per heavy atom. The first-order valence-corrected chi connectivity index (χ1v) is 5.82. The number of hydrogen-bond acceptors (Lipinski definition) is 1. The van der Waals surface area contributed by atoms with Gasteiger partial charge >= 0.3 is 0 Å². The van der Waals surface area contributed by atoms with Crippen LogP contribution in [0.3, 0.4) is 0 Å². The lowest BCUT2D eigenvalue weighted by Gasteiger charge is -2.30. The van der Waals surface area contributed by atoms with Crippen LogP contribution in [-0.4, -0.2) is 5.54 Å². The fraction of sp³-hybridized carbons (Fsp3) is 1.00. The van der Waals surface area contributed by atoms with Gasteiger partial charge in [0.05, 0.1) is 0 Å². The van der Waals surface area contributed by atoms with Gasteiger partial charge < -0.3 is 5.73 Å². The second-order valence-corrected chi connectivity index (χ2v) is 6.38. The van der Waals surface area contributed by atoms with Gasteiger partial charge in [-0.1, -0.05) is 20.3 Å². The van der Waals surface area contributed by atoms with E-state index in [1.54, 1.807) is 0 Å². The third kappa shape index (κ3) is 0.918. The SMILES string of the molecule is CC1(C)CC1(N)C1CC2CCC1C2. The summed E-state index contributed by atoms with van der Waals surface area (Å²) < 4.78 is 0. The second-order valence-electron chi connectivity index (χ2n) is 6.38. The average molecular weight is 179 g/mol. The Labute approximate surface area is 81.1 Å². The highest BCUT2D eigenvalue weighted by Crippen LogP contribution is 2.65. The minimum atomic E-state index is 0.229. The summed E-state index contributed by atoms with van der Waals surface area (Å²) in [5.41, 5.74) is 7.19. The smallest absolute Gasteiger partial charge is 0.0243 e. The molecule has 3 rings (SSSR count). The third-order valence-electron chi connectivity index (χ3n) is 5.27. The molecule has 4 unspecified atom stereocenters. The van der Waals surface area contributed by atoms with Crippen molar-refractivity contribution in [2.45, 2.75) is 51.5 Å². The van der Waals surface area contributed by atoms with E-state index in [9.17, 15) is 0 Å². The lowest BCUT2D eigenvalue weighted by Crippen LogP contribution is -2.40. The van der Waals surface area contributed by atoms with Crippen molar-refractivity contribution in [2.24, 2.45) is 28.9 Å². The van der Waals surface area contributed by atoms with Crippen molar-refractivity contribution in [3.05, 3.63) is 0 Å². The summed E-state index contributed by atoms with van der Waals surface area (Å²) in [5.74, 6) is 2.92. The number of fused-ring (bicyclic) bond motifs is 2. The first-order valence-electron chi connectivity index (χ1n) is 5.82. The molecule has 74 valence electrons. The molecule has 0 aliphatic heterocycles. The fourth-order valence-electron chi connectivity index (χ4n) is 4.20. The molecular formula is C12H21N. The molecule has 0 saturated heterocycles. The van der Waals surface area contributed by atoms with Crippen LogP contribution in [0.15, 0.2) is 0 Å². The van der Waals surface area contributed by atoms with Gasteiger partial charge in [0.2, 0.25) is 0 Å². The van der Waals surface area contributed by atoms with Crippen LogP contribution in [0.2, 0.25) is 0 Å². The molecule has 0 heterocycles. The Kier molecular flexibility index (Phi) is 1.36. The molecule has 3 aliphatic rings. The van der Waals surface area contributed by atoms with E-state index in [1.807, 2.05) is 0 Å². The fourth-order valence-corrected chi connectivity index (χ4v) is 4.20. The maximum Gasteiger partial charge on any atom is 0.0243 e. The van der Waals surface area contributed by atoms with Gasteiger partial charge in [0.15, 0.2) is 0 Å². The highest BCUT2D eigenvalue weighted by molar-refractivity contribution is 5.21. The zero-order valence-electron chi connectivity index (χ0n) is 8.84. The molecule has 0 aromatic rings. The zero-order valence-corrected chi connectivity index (χ0v) is 8.84. The normalized spacial score (nSPS) is 57.0. The molecule has 3 aliphatic carbocycles. The second kappa shape index (κ2) is 2.13. The van der Waals surface area contributed by atoms with E-state index in [0.29, 0.717) is 5.41 Å². The molecule has 2 N–H and O–H groups in total. The average Bonchev–Trinajstić information content (AvgIpc) is 2.51. The Bertz CT molecular complexity index is 246. The van der Waals surface area contributed by atoms with Crippen LogP contribution < -0.4 is 5.73 Å². The van der Waals surface area contributed by atoms with Crippen molar-refractivity contribution in [1.29, 1.82) is 0 Å². The molecule has 1 nitrogen and oxygen atoms in total. The Morgan fingerprint density at radius 3 is 2.23 bits per heavy atom. The first kappa shape index (κ1) is 8.28. The van der Waals surface area contributed by atoms with Crippen molar-refractivity contribution in [3.8, 4) is 0 Å². The van der Waals surface area contributed by atoms with Gasteiger partial charge in [0.1, 0.15) is 0 Å². The van der Waals surface area contributed by atoms with E-state index in [4.69, 9.17) is 5.73 Å². The molecule has 4 atom stereocenters. The molecule has 0 aromatic heterocycles. The van der Waals surface area contributed by atoms with Crippen LogP contribution >= 0.6 is 0 Å². The highest BCUT2D eigenvalue weighted by Gasteiger charge is 2.65. The van der Waals surface area contributed by atoms with Crippen molar-refractivity contribution in [2.75, 3.05) is 0 Å². The summed E-state index contributed by atoms with van der Waals surface area (Å²) in [6, 6.07) is 0. The Balaban J connectivity index is 1.81. The lowest BCUT2D eigenvalue weighted by atomic mass is 9.79. The number of nitrogens with two attached hydrogens (primary N) is 1. The predicted octanol–water partition coefficient (Wildman–Crippen LogP) is 2.55. The van der Waals surface area contributed by atoms with Crippen molar-refractivity contribution in [1.82, 2.24) is 0 Å². The molecule has 0 radical (unpaired) electrons. The summed E-state index contributed by atoms with van der Waals surface area (Å²) in [7, 11) is 0. The van der Waals surface area contributed by atoms with E-state index in [2.05, 4.69) is 13.8 Å². The van der Waals surface area contributed by atoms with Crippen LogP contribution in [0.1, 0.15) is 46.0 Å². The van der Waals surface area contributed by atoms with E-state index in [0.717, 1.165) is 17.8 Å². The van der Waals surface area contributed by atoms with Gasteiger partial charge in [-0.3, -0.25) is 0 Å². The minimum absolute atomic E-state index is 0.229. The lowest BCUT2D eigenvalue weighted by molar-refractivity contribution is 0.235. The van der Waals surface area contributed by atoms with Gasteiger partial charge in [-0.2, -0.15) is 0 Å². The van der Waals surface area contributed by atoms with Gasteiger partial charge in [-0.05, 0) is 48.9 Å². The monoisotopic (exact) mass is 179 g/mol. The topological polar surface area (TPSA) is 26.0 Å².